The molecule has 3 heterocycles. The fourth-order valence-corrected chi connectivity index (χ4v) is 3.04. The van der Waals surface area contributed by atoms with Crippen molar-refractivity contribution in [2.45, 2.75) is 12.8 Å². The third-order valence-electron chi connectivity index (χ3n) is 4.29. The Bertz CT molecular complexity index is 790. The predicted octanol–water partition coefficient (Wildman–Crippen LogP) is 2.23. The van der Waals surface area contributed by atoms with E-state index >= 15 is 0 Å². The van der Waals surface area contributed by atoms with E-state index in [1.807, 2.05) is 41.2 Å². The summed E-state index contributed by atoms with van der Waals surface area (Å²) in [5.41, 5.74) is 2.02. The zero-order valence-corrected chi connectivity index (χ0v) is 12.9. The molecule has 0 radical (unpaired) electrons. The van der Waals surface area contributed by atoms with Gasteiger partial charge in [-0.1, -0.05) is 12.1 Å². The molecule has 23 heavy (non-hydrogen) atoms. The highest BCUT2D eigenvalue weighted by Gasteiger charge is 2.13. The van der Waals surface area contributed by atoms with Crippen molar-refractivity contribution in [1.82, 2.24) is 24.8 Å². The Labute approximate surface area is 135 Å². The molecule has 2 N–H and O–H groups in total. The second-order valence-corrected chi connectivity index (χ2v) is 5.94. The van der Waals surface area contributed by atoms with Gasteiger partial charge in [-0.05, 0) is 50.0 Å². The smallest absolute Gasteiger partial charge is 0.224 e. The molecule has 1 aliphatic rings. The number of piperidine rings is 1. The van der Waals surface area contributed by atoms with Crippen LogP contribution >= 0.6 is 0 Å². The van der Waals surface area contributed by atoms with E-state index in [-0.39, 0.29) is 0 Å². The molecule has 1 fully saturated rings. The van der Waals surface area contributed by atoms with Gasteiger partial charge in [-0.25, -0.2) is 9.97 Å². The van der Waals surface area contributed by atoms with Gasteiger partial charge < -0.3 is 10.6 Å². The van der Waals surface area contributed by atoms with Crippen LogP contribution in [0.2, 0.25) is 0 Å². The van der Waals surface area contributed by atoms with Crippen LogP contribution < -0.4 is 10.6 Å². The average Bonchev–Trinajstić information content (AvgIpc) is 3.05. The highest BCUT2D eigenvalue weighted by molar-refractivity contribution is 5.76. The number of rotatable bonds is 4. The van der Waals surface area contributed by atoms with E-state index in [4.69, 9.17) is 0 Å². The molecule has 3 aromatic rings. The van der Waals surface area contributed by atoms with Crippen LogP contribution in [0.4, 0.5) is 5.95 Å². The topological polar surface area (TPSA) is 67.7 Å². The van der Waals surface area contributed by atoms with E-state index in [9.17, 15) is 0 Å². The van der Waals surface area contributed by atoms with Gasteiger partial charge in [-0.3, -0.25) is 4.57 Å². The third kappa shape index (κ3) is 3.03. The molecule has 0 saturated carbocycles. The van der Waals surface area contributed by atoms with Gasteiger partial charge in [0.2, 0.25) is 5.95 Å². The summed E-state index contributed by atoms with van der Waals surface area (Å²) in [6.07, 6.45) is 6.10. The van der Waals surface area contributed by atoms with E-state index in [2.05, 4.69) is 25.6 Å². The van der Waals surface area contributed by atoms with Crippen molar-refractivity contribution in [3.63, 3.8) is 0 Å². The normalized spacial score (nSPS) is 18.2. The summed E-state index contributed by atoms with van der Waals surface area (Å²) in [4.78, 5) is 13.4. The van der Waals surface area contributed by atoms with Crippen LogP contribution in [0, 0.1) is 5.92 Å². The molecule has 1 atom stereocenters. The van der Waals surface area contributed by atoms with Crippen molar-refractivity contribution in [2.24, 2.45) is 5.92 Å². The summed E-state index contributed by atoms with van der Waals surface area (Å²) < 4.78 is 1.99. The maximum Gasteiger partial charge on any atom is 0.224 e. The van der Waals surface area contributed by atoms with Crippen LogP contribution in [0.25, 0.3) is 16.9 Å². The number of aromatic nitrogens is 4. The first kappa shape index (κ1) is 14.1. The van der Waals surface area contributed by atoms with Crippen LogP contribution in [0.5, 0.6) is 0 Å². The molecule has 0 aliphatic carbocycles. The van der Waals surface area contributed by atoms with E-state index in [1.165, 1.54) is 12.8 Å². The Balaban J connectivity index is 1.54. The molecular formula is C17H20N6. The molecule has 0 spiro atoms. The average molecular weight is 308 g/mol. The summed E-state index contributed by atoms with van der Waals surface area (Å²) in [5.74, 6) is 2.15. The molecule has 0 bridgehead atoms. The minimum atomic E-state index is 0.644. The SMILES string of the molecule is c1ccc2c(c1)ncn2-c1ccnc(NCC2CCCNC2)n1. The molecule has 4 rings (SSSR count). The Kier molecular flexibility index (Phi) is 3.90. The lowest BCUT2D eigenvalue weighted by Crippen LogP contribution is -2.33. The first-order valence-corrected chi connectivity index (χ1v) is 8.10. The minimum Gasteiger partial charge on any atom is -0.354 e. The quantitative estimate of drug-likeness (QED) is 0.773. The van der Waals surface area contributed by atoms with Gasteiger partial charge in [-0.15, -0.1) is 0 Å². The Morgan fingerprint density at radius 3 is 3.09 bits per heavy atom. The molecule has 1 aromatic carbocycles. The van der Waals surface area contributed by atoms with E-state index in [1.54, 1.807) is 6.20 Å². The molecule has 118 valence electrons. The van der Waals surface area contributed by atoms with Crippen molar-refractivity contribution in [3.8, 4) is 5.82 Å². The summed E-state index contributed by atoms with van der Waals surface area (Å²) in [6.45, 7) is 3.11. The lowest BCUT2D eigenvalue weighted by atomic mass is 10.00. The third-order valence-corrected chi connectivity index (χ3v) is 4.29. The number of nitrogens with zero attached hydrogens (tertiary/aromatic N) is 4. The van der Waals surface area contributed by atoms with Gasteiger partial charge in [0.25, 0.3) is 0 Å². The van der Waals surface area contributed by atoms with Crippen molar-refractivity contribution in [3.05, 3.63) is 42.9 Å². The second-order valence-electron chi connectivity index (χ2n) is 5.94. The molecule has 2 aromatic heterocycles. The zero-order valence-electron chi connectivity index (χ0n) is 12.9. The number of fused-ring (bicyclic) bond motifs is 1. The number of benzene rings is 1. The van der Waals surface area contributed by atoms with Gasteiger partial charge in [0, 0.05) is 12.7 Å². The number of para-hydroxylation sites is 2. The maximum absolute atomic E-state index is 4.63. The largest absolute Gasteiger partial charge is 0.354 e. The lowest BCUT2D eigenvalue weighted by molar-refractivity contribution is 0.392. The summed E-state index contributed by atoms with van der Waals surface area (Å²) in [5, 5.41) is 6.80. The van der Waals surface area contributed by atoms with Crippen LogP contribution in [-0.4, -0.2) is 39.2 Å². The summed E-state index contributed by atoms with van der Waals surface area (Å²) >= 11 is 0. The Morgan fingerprint density at radius 1 is 1.22 bits per heavy atom. The van der Waals surface area contributed by atoms with Gasteiger partial charge in [0.05, 0.1) is 11.0 Å². The molecule has 1 saturated heterocycles. The van der Waals surface area contributed by atoms with Gasteiger partial charge in [-0.2, -0.15) is 4.98 Å². The van der Waals surface area contributed by atoms with Crippen molar-refractivity contribution >= 4 is 17.0 Å². The van der Waals surface area contributed by atoms with Crippen molar-refractivity contribution < 1.29 is 0 Å². The van der Waals surface area contributed by atoms with Gasteiger partial charge in [0.1, 0.15) is 12.1 Å². The summed E-state index contributed by atoms with van der Waals surface area (Å²) in [7, 11) is 0. The van der Waals surface area contributed by atoms with Crippen molar-refractivity contribution in [2.75, 3.05) is 25.0 Å². The van der Waals surface area contributed by atoms with E-state index in [0.29, 0.717) is 11.9 Å². The standard InChI is InChI=1S/C17H20N6/c1-2-6-15-14(5-1)21-12-23(15)16-7-9-19-17(22-16)20-11-13-4-3-8-18-10-13/h1-2,5-7,9,12-13,18H,3-4,8,10-11H2,(H,19,20,22). The number of nitrogens with one attached hydrogen (secondary N) is 2. The lowest BCUT2D eigenvalue weighted by Gasteiger charge is -2.22. The van der Waals surface area contributed by atoms with E-state index in [0.717, 1.165) is 36.5 Å². The zero-order chi connectivity index (χ0) is 15.5. The number of imidazole rings is 1. The van der Waals surface area contributed by atoms with Gasteiger partial charge >= 0.3 is 0 Å². The first-order chi connectivity index (χ1) is 11.4. The maximum atomic E-state index is 4.63. The van der Waals surface area contributed by atoms with Crippen LogP contribution in [0.3, 0.4) is 0 Å². The Morgan fingerprint density at radius 2 is 2.17 bits per heavy atom. The molecule has 6 heteroatoms. The fraction of sp³-hybridized carbons (Fsp3) is 0.353. The van der Waals surface area contributed by atoms with E-state index < -0.39 is 0 Å². The number of anilines is 1. The van der Waals surface area contributed by atoms with Crippen LogP contribution in [0.15, 0.2) is 42.9 Å². The number of hydrogen-bond acceptors (Lipinski definition) is 5. The highest BCUT2D eigenvalue weighted by atomic mass is 15.2. The highest BCUT2D eigenvalue weighted by Crippen LogP contribution is 2.17. The molecule has 1 unspecified atom stereocenters. The van der Waals surface area contributed by atoms with Gasteiger partial charge in [0.15, 0.2) is 0 Å². The van der Waals surface area contributed by atoms with Crippen LogP contribution in [0.1, 0.15) is 12.8 Å². The molecule has 0 amide bonds. The number of hydrogen-bond donors (Lipinski definition) is 2. The Hall–Kier alpha value is -2.47. The second kappa shape index (κ2) is 6.34. The first-order valence-electron chi connectivity index (χ1n) is 8.10. The molecular weight excluding hydrogens is 288 g/mol. The molecule has 6 nitrogen and oxygen atoms in total. The minimum absolute atomic E-state index is 0.644. The predicted molar refractivity (Wildman–Crippen MR) is 90.7 cm³/mol. The monoisotopic (exact) mass is 308 g/mol. The fourth-order valence-electron chi connectivity index (χ4n) is 3.04. The van der Waals surface area contributed by atoms with Crippen LogP contribution in [-0.2, 0) is 0 Å². The summed E-state index contributed by atoms with van der Waals surface area (Å²) in [6, 6.07) is 9.96. The van der Waals surface area contributed by atoms with Crippen molar-refractivity contribution in [1.29, 1.82) is 0 Å². The molecule has 1 aliphatic heterocycles.